The van der Waals surface area contributed by atoms with E-state index in [0.29, 0.717) is 64.4 Å². The average molecular weight is 710 g/mol. The molecule has 3 aromatic heterocycles. The van der Waals surface area contributed by atoms with E-state index < -0.39 is 11.9 Å². The van der Waals surface area contributed by atoms with Gasteiger partial charge in [-0.05, 0) is 69.5 Å². The van der Waals surface area contributed by atoms with Crippen molar-refractivity contribution < 1.29 is 28.4 Å². The molecular formula is C36H45ClFN7O5. The second kappa shape index (κ2) is 14.0. The van der Waals surface area contributed by atoms with Gasteiger partial charge in [0.2, 0.25) is 5.88 Å². The number of nitrogens with one attached hydrogen (secondary N) is 1. The van der Waals surface area contributed by atoms with Gasteiger partial charge in [0.25, 0.3) is 0 Å². The zero-order chi connectivity index (χ0) is 34.4. The van der Waals surface area contributed by atoms with Crippen molar-refractivity contribution in [1.82, 2.24) is 30.0 Å². The Morgan fingerprint density at radius 1 is 1.10 bits per heavy atom. The summed E-state index contributed by atoms with van der Waals surface area (Å²) in [7, 11) is 1.48. The van der Waals surface area contributed by atoms with E-state index in [2.05, 4.69) is 20.1 Å². The molecular weight excluding hydrogens is 665 g/mol. The predicted molar refractivity (Wildman–Crippen MR) is 188 cm³/mol. The van der Waals surface area contributed by atoms with E-state index in [1.807, 2.05) is 17.9 Å². The van der Waals surface area contributed by atoms with Gasteiger partial charge >= 0.3 is 6.01 Å². The van der Waals surface area contributed by atoms with Crippen molar-refractivity contribution in [2.45, 2.75) is 64.0 Å². The topological polar surface area (TPSA) is 131 Å². The lowest BCUT2D eigenvalue weighted by Gasteiger charge is -2.47. The molecule has 1 aromatic carbocycles. The summed E-state index contributed by atoms with van der Waals surface area (Å²) in [5, 5.41) is 19.1. The van der Waals surface area contributed by atoms with Gasteiger partial charge in [-0.1, -0.05) is 18.0 Å². The van der Waals surface area contributed by atoms with Gasteiger partial charge in [-0.2, -0.15) is 15.1 Å². The number of aryl methyl sites for hydroxylation is 1. The van der Waals surface area contributed by atoms with E-state index in [1.165, 1.54) is 7.11 Å². The van der Waals surface area contributed by atoms with Gasteiger partial charge in [0.05, 0.1) is 49.8 Å². The molecule has 0 radical (unpaired) electrons. The monoisotopic (exact) mass is 709 g/mol. The average Bonchev–Trinajstić information content (AvgIpc) is 3.72. The highest BCUT2D eigenvalue weighted by Gasteiger charge is 2.49. The van der Waals surface area contributed by atoms with E-state index in [-0.39, 0.29) is 41.7 Å². The van der Waals surface area contributed by atoms with Crippen LogP contribution < -0.4 is 14.4 Å². The lowest BCUT2D eigenvalue weighted by molar-refractivity contribution is -0.0203. The lowest BCUT2D eigenvalue weighted by atomic mass is 9.75. The van der Waals surface area contributed by atoms with Gasteiger partial charge < -0.3 is 29.0 Å². The first kappa shape index (κ1) is 33.8. The third-order valence-corrected chi connectivity index (χ3v) is 11.8. The highest BCUT2D eigenvalue weighted by molar-refractivity contribution is 6.35. The van der Waals surface area contributed by atoms with Gasteiger partial charge in [0.15, 0.2) is 5.82 Å². The molecule has 2 N–H and O–H groups in total. The summed E-state index contributed by atoms with van der Waals surface area (Å²) in [4.78, 5) is 18.9. The van der Waals surface area contributed by atoms with Crippen LogP contribution in [0.4, 0.5) is 10.2 Å². The van der Waals surface area contributed by atoms with Gasteiger partial charge in [-0.25, -0.2) is 9.37 Å². The van der Waals surface area contributed by atoms with Crippen LogP contribution in [-0.4, -0.2) is 114 Å². The molecule has 3 aliphatic heterocycles. The summed E-state index contributed by atoms with van der Waals surface area (Å²) in [6.07, 6.45) is 8.61. The summed E-state index contributed by atoms with van der Waals surface area (Å²) in [5.41, 5.74) is 1.82. The molecule has 268 valence electrons. The summed E-state index contributed by atoms with van der Waals surface area (Å²) in [6, 6.07) is 2.37. The normalized spacial score (nSPS) is 25.3. The Balaban J connectivity index is 1.21. The molecule has 14 heteroatoms. The number of H-pyrrole nitrogens is 1. The fourth-order valence-corrected chi connectivity index (χ4v) is 9.07. The van der Waals surface area contributed by atoms with Crippen LogP contribution in [0.2, 0.25) is 5.02 Å². The quantitative estimate of drug-likeness (QED) is 0.247. The lowest BCUT2D eigenvalue weighted by Crippen LogP contribution is -2.53. The molecule has 4 aliphatic rings. The summed E-state index contributed by atoms with van der Waals surface area (Å²) in [5.74, 6) is 0.496. The number of fused-ring (bicyclic) bond motifs is 3. The number of nitrogens with zero attached hydrogens (tertiary/aromatic N) is 6. The molecule has 1 saturated carbocycles. The predicted octanol–water partition coefficient (Wildman–Crippen LogP) is 5.32. The van der Waals surface area contributed by atoms with Crippen molar-refractivity contribution >= 4 is 39.2 Å². The fraction of sp³-hybridized carbons (Fsp3) is 0.611. The number of anilines is 1. The van der Waals surface area contributed by atoms with E-state index in [0.717, 1.165) is 76.8 Å². The van der Waals surface area contributed by atoms with E-state index in [4.69, 9.17) is 40.5 Å². The van der Waals surface area contributed by atoms with Crippen LogP contribution in [0.5, 0.6) is 11.9 Å². The largest absolute Gasteiger partial charge is 0.480 e. The number of methoxy groups -OCH3 is 1. The first-order chi connectivity index (χ1) is 24.3. The third-order valence-electron chi connectivity index (χ3n) is 11.3. The first-order valence-corrected chi connectivity index (χ1v) is 18.3. The van der Waals surface area contributed by atoms with E-state index >= 15 is 4.39 Å². The number of rotatable bonds is 8. The van der Waals surface area contributed by atoms with E-state index in [1.54, 1.807) is 6.20 Å². The van der Waals surface area contributed by atoms with Crippen LogP contribution in [0.1, 0.15) is 50.5 Å². The fourth-order valence-electron chi connectivity index (χ4n) is 8.83. The Morgan fingerprint density at radius 3 is 2.78 bits per heavy atom. The second-order valence-electron chi connectivity index (χ2n) is 14.4. The van der Waals surface area contributed by atoms with Crippen LogP contribution in [0.25, 0.3) is 33.1 Å². The molecule has 4 aromatic rings. The second-order valence-corrected chi connectivity index (χ2v) is 14.8. The van der Waals surface area contributed by atoms with Gasteiger partial charge in [-0.3, -0.25) is 10.00 Å². The van der Waals surface area contributed by atoms with Crippen molar-refractivity contribution in [3.05, 3.63) is 28.7 Å². The van der Waals surface area contributed by atoms with E-state index in [9.17, 15) is 5.11 Å². The highest BCUT2D eigenvalue weighted by atomic mass is 35.5. The Bertz CT molecular complexity index is 1870. The standard InChI is InChI=1S/C36H45ClFN7O5/c1-21-15-25-24(16-39-43-25)27(29(21)37)31-30(38)32-28(34(40-31)47-2)33(45-11-14-49-19-23(46)18-45)42-35(41-32)50-20-36-8-3-5-26(36)44(10-4-9-36)17-22-6-12-48-13-7-22/h15-16,22-23,26,46H,3-14,17-20H2,1-2H3,(H,39,43). The zero-order valence-electron chi connectivity index (χ0n) is 28.7. The third kappa shape index (κ3) is 6.14. The minimum absolute atomic E-state index is 0.00484. The zero-order valence-corrected chi connectivity index (χ0v) is 29.5. The molecule has 8 rings (SSSR count). The van der Waals surface area contributed by atoms with Crippen molar-refractivity contribution in [2.75, 3.05) is 71.2 Å². The Hall–Kier alpha value is -3.36. The van der Waals surface area contributed by atoms with Crippen molar-refractivity contribution in [1.29, 1.82) is 0 Å². The molecule has 0 bridgehead atoms. The van der Waals surface area contributed by atoms with Crippen LogP contribution in [0, 0.1) is 24.1 Å². The van der Waals surface area contributed by atoms with Crippen molar-refractivity contribution in [3.8, 4) is 23.1 Å². The summed E-state index contributed by atoms with van der Waals surface area (Å²) in [6.45, 7) is 7.39. The molecule has 1 aliphatic carbocycles. The molecule has 0 amide bonds. The van der Waals surface area contributed by atoms with Gasteiger partial charge in [-0.15, -0.1) is 0 Å². The van der Waals surface area contributed by atoms with Gasteiger partial charge in [0.1, 0.15) is 22.4 Å². The smallest absolute Gasteiger partial charge is 0.319 e. The SMILES string of the molecule is COc1nc(-c2c(Cl)c(C)cc3[nH]ncc23)c(F)c2nc(OCC34CCCC3N(CC3CCOCC3)CCC4)nc(N3CCOCC(O)C3)c12. The number of pyridine rings is 1. The van der Waals surface area contributed by atoms with Crippen LogP contribution in [0.3, 0.4) is 0 Å². The number of benzene rings is 1. The maximum atomic E-state index is 17.1. The number of hydrogen-bond donors (Lipinski definition) is 2. The molecule has 50 heavy (non-hydrogen) atoms. The Kier molecular flexibility index (Phi) is 9.44. The number of likely N-dealkylation sites (tertiary alicyclic amines) is 1. The molecule has 3 saturated heterocycles. The number of aliphatic hydroxyl groups is 1. The summed E-state index contributed by atoms with van der Waals surface area (Å²) < 4.78 is 40.8. The minimum atomic E-state index is -0.766. The maximum absolute atomic E-state index is 17.1. The van der Waals surface area contributed by atoms with Crippen LogP contribution in [-0.2, 0) is 9.47 Å². The Morgan fingerprint density at radius 2 is 1.94 bits per heavy atom. The number of halogens is 2. The van der Waals surface area contributed by atoms with Crippen molar-refractivity contribution in [2.24, 2.45) is 11.3 Å². The first-order valence-electron chi connectivity index (χ1n) is 17.9. The number of aromatic nitrogens is 5. The number of aliphatic hydroxyl groups excluding tert-OH is 1. The van der Waals surface area contributed by atoms with Crippen molar-refractivity contribution in [3.63, 3.8) is 0 Å². The Labute approximate surface area is 295 Å². The number of aromatic amines is 1. The highest BCUT2D eigenvalue weighted by Crippen LogP contribution is 2.49. The van der Waals surface area contributed by atoms with Crippen LogP contribution in [0.15, 0.2) is 12.3 Å². The summed E-state index contributed by atoms with van der Waals surface area (Å²) >= 11 is 6.85. The number of piperidine rings is 1. The maximum Gasteiger partial charge on any atom is 0.319 e. The molecule has 0 spiro atoms. The molecule has 3 unspecified atom stereocenters. The number of β-amino-alcohol motifs (C(OH)–C–C–N with tert-alkyl or cyclic N) is 1. The number of ether oxygens (including phenoxy) is 4. The molecule has 12 nitrogen and oxygen atoms in total. The van der Waals surface area contributed by atoms with Gasteiger partial charge in [0, 0.05) is 55.3 Å². The molecule has 6 heterocycles. The van der Waals surface area contributed by atoms with Crippen LogP contribution >= 0.6 is 11.6 Å². The number of hydrogen-bond acceptors (Lipinski definition) is 11. The molecule has 4 fully saturated rings. The minimum Gasteiger partial charge on any atom is -0.480 e. The molecule has 3 atom stereocenters.